The van der Waals surface area contributed by atoms with Crippen molar-refractivity contribution in [1.29, 1.82) is 0 Å². The summed E-state index contributed by atoms with van der Waals surface area (Å²) in [5.74, 6) is 0.800. The van der Waals surface area contributed by atoms with Gasteiger partial charge in [0.2, 0.25) is 0 Å². The van der Waals surface area contributed by atoms with Crippen molar-refractivity contribution in [2.45, 2.75) is 77.7 Å². The van der Waals surface area contributed by atoms with Crippen molar-refractivity contribution < 1.29 is 4.74 Å². The second-order valence-corrected chi connectivity index (χ2v) is 9.41. The molecule has 192 valence electrons. The minimum Gasteiger partial charge on any atom is -0.487 e. The van der Waals surface area contributed by atoms with Gasteiger partial charge < -0.3 is 14.7 Å². The van der Waals surface area contributed by atoms with E-state index >= 15 is 0 Å². The molecule has 0 unspecified atom stereocenters. The first-order valence-electron chi connectivity index (χ1n) is 13.3. The van der Waals surface area contributed by atoms with E-state index < -0.39 is 0 Å². The first kappa shape index (κ1) is 27.6. The van der Waals surface area contributed by atoms with Crippen molar-refractivity contribution in [3.05, 3.63) is 101 Å². The zero-order valence-corrected chi connectivity index (χ0v) is 22.3. The van der Waals surface area contributed by atoms with Crippen LogP contribution < -0.4 is 0 Å². The van der Waals surface area contributed by atoms with Gasteiger partial charge in [0.25, 0.3) is 0 Å². The highest BCUT2D eigenvalue weighted by Gasteiger charge is 2.18. The van der Waals surface area contributed by atoms with E-state index in [1.165, 1.54) is 63.5 Å². The number of aryl methyl sites for hydroxylation is 1. The van der Waals surface area contributed by atoms with E-state index in [0.29, 0.717) is 6.61 Å². The van der Waals surface area contributed by atoms with Gasteiger partial charge in [-0.25, -0.2) is 4.99 Å². The number of unbranched alkanes of at least 4 members (excludes halogenated alkanes) is 8. The average molecular weight is 506 g/mol. The van der Waals surface area contributed by atoms with Crippen LogP contribution in [0.2, 0.25) is 0 Å². The van der Waals surface area contributed by atoms with Gasteiger partial charge in [-0.2, -0.15) is 0 Å². The Morgan fingerprint density at radius 3 is 2.31 bits per heavy atom. The summed E-state index contributed by atoms with van der Waals surface area (Å²) in [5.41, 5.74) is 6.24. The van der Waals surface area contributed by atoms with Gasteiger partial charge in [-0.3, -0.25) is 0 Å². The molecule has 0 saturated heterocycles. The molecular formula is C31H40ClN3O. The summed E-state index contributed by atoms with van der Waals surface area (Å²) in [6, 6.07) is 18.6. The number of rotatable bonds is 15. The Bertz CT molecular complexity index is 1110. The minimum atomic E-state index is 0. The minimum absolute atomic E-state index is 0. The summed E-state index contributed by atoms with van der Waals surface area (Å²) in [6.45, 7) is 2.80. The van der Waals surface area contributed by atoms with Crippen LogP contribution in [-0.2, 0) is 17.8 Å². The van der Waals surface area contributed by atoms with Crippen molar-refractivity contribution in [2.24, 2.45) is 4.99 Å². The first-order chi connectivity index (χ1) is 17.3. The summed E-state index contributed by atoms with van der Waals surface area (Å²) in [6.07, 6.45) is 19.3. The second kappa shape index (κ2) is 15.2. The predicted molar refractivity (Wildman–Crippen MR) is 154 cm³/mol. The number of aromatic amines is 2. The number of allylic oxidation sites excluding steroid dienone is 1. The molecule has 3 aromatic rings. The second-order valence-electron chi connectivity index (χ2n) is 9.41. The molecule has 0 spiro atoms. The molecule has 36 heavy (non-hydrogen) atoms. The van der Waals surface area contributed by atoms with Crippen LogP contribution in [0.5, 0.6) is 0 Å². The van der Waals surface area contributed by atoms with Gasteiger partial charge in [0.15, 0.2) is 0 Å². The van der Waals surface area contributed by atoms with Crippen LogP contribution in [0.3, 0.4) is 0 Å². The Balaban J connectivity index is 0.00000361. The maximum absolute atomic E-state index is 6.19. The van der Waals surface area contributed by atoms with E-state index in [2.05, 4.69) is 47.2 Å². The summed E-state index contributed by atoms with van der Waals surface area (Å²) in [7, 11) is 0. The molecule has 0 aliphatic carbocycles. The summed E-state index contributed by atoms with van der Waals surface area (Å²) < 4.78 is 6.19. The molecule has 0 fully saturated rings. The highest BCUT2D eigenvalue weighted by Crippen LogP contribution is 2.26. The Kier molecular flexibility index (Phi) is 11.7. The molecule has 0 saturated carbocycles. The molecule has 3 heterocycles. The lowest BCUT2D eigenvalue weighted by Crippen LogP contribution is -1.95. The van der Waals surface area contributed by atoms with Gasteiger partial charge in [0, 0.05) is 23.7 Å². The number of hydrogen-bond donors (Lipinski definition) is 2. The van der Waals surface area contributed by atoms with Crippen molar-refractivity contribution in [3.8, 4) is 0 Å². The Hall–Kier alpha value is -2.98. The number of nitrogens with zero attached hydrogens (tertiary/aromatic N) is 1. The number of aromatic nitrogens is 2. The fourth-order valence-corrected chi connectivity index (χ4v) is 4.46. The van der Waals surface area contributed by atoms with Crippen molar-refractivity contribution >= 4 is 24.2 Å². The number of ether oxygens (including phenoxy) is 1. The average Bonchev–Trinajstić information content (AvgIpc) is 3.64. The van der Waals surface area contributed by atoms with Gasteiger partial charge in [-0.05, 0) is 48.7 Å². The maximum atomic E-state index is 6.19. The molecular weight excluding hydrogens is 466 g/mol. The van der Waals surface area contributed by atoms with Gasteiger partial charge in [0.05, 0.1) is 11.4 Å². The van der Waals surface area contributed by atoms with Crippen LogP contribution in [0, 0.1) is 0 Å². The smallest absolute Gasteiger partial charge is 0.147 e. The van der Waals surface area contributed by atoms with E-state index in [1.807, 2.05) is 42.6 Å². The fraction of sp³-hybridized carbons (Fsp3) is 0.387. The highest BCUT2D eigenvalue weighted by molar-refractivity contribution is 6.11. The maximum Gasteiger partial charge on any atom is 0.147 e. The molecule has 4 rings (SSSR count). The molecule has 4 nitrogen and oxygen atoms in total. The van der Waals surface area contributed by atoms with Gasteiger partial charge >= 0.3 is 0 Å². The predicted octanol–water partition coefficient (Wildman–Crippen LogP) is 8.78. The molecule has 0 amide bonds. The SMILES string of the molecule is CCCCCCCCCCCc1ccc(/C=C2\N=C(c3ccc[nH]3)C=C2OCc2ccccc2)[nH]1.Cl. The summed E-state index contributed by atoms with van der Waals surface area (Å²) >= 11 is 0. The number of aliphatic imine (C=N–C) groups is 1. The van der Waals surface area contributed by atoms with Gasteiger partial charge in [0.1, 0.15) is 18.1 Å². The van der Waals surface area contributed by atoms with Gasteiger partial charge in [-0.15, -0.1) is 12.4 Å². The van der Waals surface area contributed by atoms with Crippen LogP contribution in [0.1, 0.15) is 87.4 Å². The third-order valence-corrected chi connectivity index (χ3v) is 6.48. The fourth-order valence-electron chi connectivity index (χ4n) is 4.46. The van der Waals surface area contributed by atoms with E-state index in [9.17, 15) is 0 Å². The first-order valence-corrected chi connectivity index (χ1v) is 13.3. The zero-order valence-electron chi connectivity index (χ0n) is 21.5. The Morgan fingerprint density at radius 1 is 0.833 bits per heavy atom. The molecule has 1 aromatic carbocycles. The van der Waals surface area contributed by atoms with Crippen LogP contribution in [0.4, 0.5) is 0 Å². The molecule has 0 radical (unpaired) electrons. The molecule has 2 N–H and O–H groups in total. The highest BCUT2D eigenvalue weighted by atomic mass is 35.5. The van der Waals surface area contributed by atoms with E-state index in [1.54, 1.807) is 0 Å². The largest absolute Gasteiger partial charge is 0.487 e. The van der Waals surface area contributed by atoms with Crippen LogP contribution in [-0.4, -0.2) is 15.7 Å². The third-order valence-electron chi connectivity index (χ3n) is 6.48. The number of nitrogens with one attached hydrogen (secondary N) is 2. The van der Waals surface area contributed by atoms with Crippen molar-refractivity contribution in [1.82, 2.24) is 9.97 Å². The summed E-state index contributed by atoms with van der Waals surface area (Å²) in [4.78, 5) is 11.7. The van der Waals surface area contributed by atoms with E-state index in [0.717, 1.165) is 40.5 Å². The van der Waals surface area contributed by atoms with Gasteiger partial charge in [-0.1, -0.05) is 88.6 Å². The number of halogens is 1. The van der Waals surface area contributed by atoms with Crippen molar-refractivity contribution in [2.75, 3.05) is 0 Å². The molecule has 1 aliphatic heterocycles. The standard InChI is InChI=1S/C31H39N3O.ClH/c1-2-3-4-5-6-7-8-9-13-17-26-19-20-27(33-26)22-30-31(35-24-25-15-11-10-12-16-25)23-29(34-30)28-18-14-21-32-28;/h10-12,14-16,18-23,32-33H,2-9,13,17,24H2,1H3;1H/b30-22-;. The number of hydrogen-bond acceptors (Lipinski definition) is 2. The molecule has 0 atom stereocenters. The van der Waals surface area contributed by atoms with Crippen LogP contribution in [0.25, 0.3) is 6.08 Å². The van der Waals surface area contributed by atoms with Crippen LogP contribution >= 0.6 is 12.4 Å². The molecule has 1 aliphatic rings. The topological polar surface area (TPSA) is 53.2 Å². The lowest BCUT2D eigenvalue weighted by atomic mass is 10.1. The van der Waals surface area contributed by atoms with E-state index in [4.69, 9.17) is 9.73 Å². The Morgan fingerprint density at radius 2 is 1.58 bits per heavy atom. The number of benzene rings is 1. The lowest BCUT2D eigenvalue weighted by Gasteiger charge is -2.08. The molecule has 5 heteroatoms. The Labute approximate surface area is 222 Å². The number of H-pyrrole nitrogens is 2. The normalized spacial score (nSPS) is 14.0. The zero-order chi connectivity index (χ0) is 24.1. The lowest BCUT2D eigenvalue weighted by molar-refractivity contribution is 0.208. The summed E-state index contributed by atoms with van der Waals surface area (Å²) in [5, 5.41) is 0. The monoisotopic (exact) mass is 505 g/mol. The third kappa shape index (κ3) is 8.60. The van der Waals surface area contributed by atoms with E-state index in [-0.39, 0.29) is 12.4 Å². The van der Waals surface area contributed by atoms with Crippen molar-refractivity contribution in [3.63, 3.8) is 0 Å². The quantitative estimate of drug-likeness (QED) is 0.199. The van der Waals surface area contributed by atoms with Crippen LogP contribution in [0.15, 0.2) is 83.3 Å². The molecule has 2 aromatic heterocycles. The molecule has 0 bridgehead atoms.